The van der Waals surface area contributed by atoms with Crippen LogP contribution in [0.5, 0.6) is 11.5 Å². The van der Waals surface area contributed by atoms with Crippen LogP contribution < -0.4 is 4.74 Å². The highest BCUT2D eigenvalue weighted by Crippen LogP contribution is 2.25. The molecule has 1 aromatic carbocycles. The van der Waals surface area contributed by atoms with Crippen LogP contribution in [0.15, 0.2) is 61.1 Å². The number of fused-ring (bicyclic) bond motifs is 1. The Bertz CT molecular complexity index is 1210. The highest BCUT2D eigenvalue weighted by atomic mass is 16.5. The second kappa shape index (κ2) is 9.43. The first-order chi connectivity index (χ1) is 16.2. The summed E-state index contributed by atoms with van der Waals surface area (Å²) in [6, 6.07) is 13.7. The number of aromatic nitrogens is 4. The van der Waals surface area contributed by atoms with Gasteiger partial charge in [0.25, 0.3) is 0 Å². The van der Waals surface area contributed by atoms with Crippen molar-refractivity contribution in [1.82, 2.24) is 29.4 Å². The summed E-state index contributed by atoms with van der Waals surface area (Å²) in [6.07, 6.45) is 5.71. The maximum Gasteiger partial charge on any atom is 0.248 e. The fourth-order valence-electron chi connectivity index (χ4n) is 4.02. The smallest absolute Gasteiger partial charge is 0.248 e. The molecular formula is C24H26N6O3. The Kier molecular flexibility index (Phi) is 6.05. The molecule has 4 heterocycles. The van der Waals surface area contributed by atoms with Crippen molar-refractivity contribution in [3.63, 3.8) is 0 Å². The summed E-state index contributed by atoms with van der Waals surface area (Å²) in [4.78, 5) is 20.9. The minimum Gasteiger partial charge on any atom is -0.456 e. The number of hydrogen-bond donors (Lipinski definition) is 1. The van der Waals surface area contributed by atoms with E-state index in [1.165, 1.54) is 0 Å². The Balaban J connectivity index is 1.21. The van der Waals surface area contributed by atoms with Gasteiger partial charge < -0.3 is 18.8 Å². The molecule has 1 aliphatic heterocycles. The summed E-state index contributed by atoms with van der Waals surface area (Å²) in [5.74, 6) is 1.55. The minimum atomic E-state index is 0.0494. The lowest BCUT2D eigenvalue weighted by molar-refractivity contribution is -0.136. The summed E-state index contributed by atoms with van der Waals surface area (Å²) >= 11 is 0. The molecule has 1 fully saturated rings. The summed E-state index contributed by atoms with van der Waals surface area (Å²) in [5, 5.41) is 6.94. The molecule has 1 amide bonds. The molecule has 1 aliphatic rings. The first kappa shape index (κ1) is 21.2. The molecule has 9 heteroatoms. The van der Waals surface area contributed by atoms with Gasteiger partial charge in [-0.1, -0.05) is 0 Å². The van der Waals surface area contributed by atoms with E-state index >= 15 is 0 Å². The number of nitrogens with zero attached hydrogens (tertiary/aromatic N) is 5. The van der Waals surface area contributed by atoms with Crippen LogP contribution in [-0.4, -0.2) is 75.2 Å². The highest BCUT2D eigenvalue weighted by Gasteiger charge is 2.21. The van der Waals surface area contributed by atoms with Crippen LogP contribution in [0.3, 0.4) is 0 Å². The number of pyridine rings is 1. The zero-order chi connectivity index (χ0) is 22.6. The van der Waals surface area contributed by atoms with Gasteiger partial charge in [-0.15, -0.1) is 0 Å². The average Bonchev–Trinajstić information content (AvgIpc) is 3.50. The van der Waals surface area contributed by atoms with Gasteiger partial charge in [-0.3, -0.25) is 14.8 Å². The van der Waals surface area contributed by atoms with Gasteiger partial charge in [-0.25, -0.2) is 4.98 Å². The van der Waals surface area contributed by atoms with Crippen LogP contribution in [0.1, 0.15) is 5.69 Å². The predicted molar refractivity (Wildman–Crippen MR) is 123 cm³/mol. The number of nitrogens with one attached hydrogen (secondary N) is 1. The molecule has 0 spiro atoms. The SMILES string of the molecule is COCC(=O)N1CCN(Cc2cn3cc(Oc4ccc(-c5ccn[nH]5)cc4)ccc3n2)CC1. The summed E-state index contributed by atoms with van der Waals surface area (Å²) < 4.78 is 13.0. The lowest BCUT2D eigenvalue weighted by atomic mass is 10.1. The number of carbonyl (C=O) groups excluding carboxylic acids is 1. The number of methoxy groups -OCH3 is 1. The molecule has 0 unspecified atom stereocenters. The largest absolute Gasteiger partial charge is 0.456 e. The van der Waals surface area contributed by atoms with E-state index in [0.717, 1.165) is 53.7 Å². The van der Waals surface area contributed by atoms with Gasteiger partial charge in [0.1, 0.15) is 23.8 Å². The minimum absolute atomic E-state index is 0.0494. The van der Waals surface area contributed by atoms with Gasteiger partial charge in [0, 0.05) is 52.2 Å². The number of rotatable bonds is 7. The fourth-order valence-corrected chi connectivity index (χ4v) is 4.02. The number of H-pyrrole nitrogens is 1. The quantitative estimate of drug-likeness (QED) is 0.470. The Hall–Kier alpha value is -3.69. The third kappa shape index (κ3) is 4.89. The van der Waals surface area contributed by atoms with Crippen molar-refractivity contribution in [2.24, 2.45) is 0 Å². The molecule has 170 valence electrons. The molecular weight excluding hydrogens is 420 g/mol. The van der Waals surface area contributed by atoms with E-state index in [1.807, 2.05) is 64.2 Å². The molecule has 1 saturated heterocycles. The first-order valence-corrected chi connectivity index (χ1v) is 10.9. The van der Waals surface area contributed by atoms with Crippen LogP contribution in [0.4, 0.5) is 0 Å². The van der Waals surface area contributed by atoms with E-state index in [0.29, 0.717) is 13.1 Å². The molecule has 5 rings (SSSR count). The Labute approximate surface area is 191 Å². The third-order valence-corrected chi connectivity index (χ3v) is 5.75. The average molecular weight is 447 g/mol. The maximum atomic E-state index is 12.0. The van der Waals surface area contributed by atoms with Crippen LogP contribution in [0, 0.1) is 0 Å². The van der Waals surface area contributed by atoms with Crippen molar-refractivity contribution in [2.45, 2.75) is 6.54 Å². The van der Waals surface area contributed by atoms with Gasteiger partial charge in [-0.2, -0.15) is 5.10 Å². The fraction of sp³-hybridized carbons (Fsp3) is 0.292. The zero-order valence-electron chi connectivity index (χ0n) is 18.5. The summed E-state index contributed by atoms with van der Waals surface area (Å²) in [5.41, 5.74) is 3.89. The number of amides is 1. The van der Waals surface area contributed by atoms with Gasteiger partial charge in [0.2, 0.25) is 5.91 Å². The maximum absolute atomic E-state index is 12.0. The zero-order valence-corrected chi connectivity index (χ0v) is 18.5. The van der Waals surface area contributed by atoms with E-state index in [9.17, 15) is 4.79 Å². The molecule has 33 heavy (non-hydrogen) atoms. The summed E-state index contributed by atoms with van der Waals surface area (Å²) in [7, 11) is 1.55. The molecule has 9 nitrogen and oxygen atoms in total. The van der Waals surface area contributed by atoms with Crippen molar-refractivity contribution in [3.05, 3.63) is 66.7 Å². The van der Waals surface area contributed by atoms with E-state index < -0.39 is 0 Å². The van der Waals surface area contributed by atoms with Gasteiger partial charge >= 0.3 is 0 Å². The van der Waals surface area contributed by atoms with Crippen molar-refractivity contribution in [1.29, 1.82) is 0 Å². The van der Waals surface area contributed by atoms with Crippen molar-refractivity contribution in [2.75, 3.05) is 39.9 Å². The standard InChI is InChI=1S/C24H26N6O3/c1-32-17-24(31)29-12-10-28(11-13-29)14-19-15-30-16-21(6-7-23(30)26-19)33-20-4-2-18(3-5-20)22-8-9-25-27-22/h2-9,15-16H,10-14,17H2,1H3,(H,25,27). The molecule has 0 saturated carbocycles. The molecule has 4 aromatic rings. The van der Waals surface area contributed by atoms with Crippen LogP contribution in [0.25, 0.3) is 16.9 Å². The second-order valence-corrected chi connectivity index (χ2v) is 8.05. The topological polar surface area (TPSA) is 88.0 Å². The predicted octanol–water partition coefficient (Wildman–Crippen LogP) is 2.81. The first-order valence-electron chi connectivity index (χ1n) is 10.9. The van der Waals surface area contributed by atoms with Gasteiger partial charge in [0.05, 0.1) is 17.6 Å². The molecule has 0 radical (unpaired) electrons. The number of ether oxygens (including phenoxy) is 2. The number of imidazole rings is 1. The van der Waals surface area contributed by atoms with E-state index in [4.69, 9.17) is 14.5 Å². The Morgan fingerprint density at radius 1 is 1.00 bits per heavy atom. The normalized spacial score (nSPS) is 14.6. The molecule has 0 atom stereocenters. The molecule has 1 N–H and O–H groups in total. The van der Waals surface area contributed by atoms with Crippen molar-refractivity contribution < 1.29 is 14.3 Å². The lowest BCUT2D eigenvalue weighted by Crippen LogP contribution is -2.49. The van der Waals surface area contributed by atoms with Crippen LogP contribution in [0.2, 0.25) is 0 Å². The third-order valence-electron chi connectivity index (χ3n) is 5.75. The molecule has 3 aromatic heterocycles. The van der Waals surface area contributed by atoms with E-state index in [2.05, 4.69) is 15.1 Å². The van der Waals surface area contributed by atoms with E-state index in [1.54, 1.807) is 13.3 Å². The number of benzene rings is 1. The van der Waals surface area contributed by atoms with E-state index in [-0.39, 0.29) is 12.5 Å². The molecule has 0 bridgehead atoms. The molecule has 0 aliphatic carbocycles. The second-order valence-electron chi connectivity index (χ2n) is 8.05. The van der Waals surface area contributed by atoms with Gasteiger partial charge in [0.15, 0.2) is 0 Å². The lowest BCUT2D eigenvalue weighted by Gasteiger charge is -2.34. The number of aromatic amines is 1. The van der Waals surface area contributed by atoms with Crippen molar-refractivity contribution in [3.8, 4) is 22.8 Å². The number of hydrogen-bond acceptors (Lipinski definition) is 6. The summed E-state index contributed by atoms with van der Waals surface area (Å²) in [6.45, 7) is 3.97. The monoisotopic (exact) mass is 446 g/mol. The number of piperazine rings is 1. The van der Waals surface area contributed by atoms with Crippen LogP contribution in [-0.2, 0) is 16.1 Å². The number of carbonyl (C=O) groups is 1. The van der Waals surface area contributed by atoms with Crippen molar-refractivity contribution >= 4 is 11.6 Å². The van der Waals surface area contributed by atoms with Crippen LogP contribution >= 0.6 is 0 Å². The van der Waals surface area contributed by atoms with Gasteiger partial charge in [-0.05, 0) is 48.0 Å². The Morgan fingerprint density at radius 3 is 2.52 bits per heavy atom. The highest BCUT2D eigenvalue weighted by molar-refractivity contribution is 5.77. The Morgan fingerprint density at radius 2 is 1.79 bits per heavy atom.